The van der Waals surface area contributed by atoms with Crippen LogP contribution in [0, 0.1) is 0 Å². The van der Waals surface area contributed by atoms with E-state index in [4.69, 9.17) is 27.0 Å². The van der Waals surface area contributed by atoms with Crippen LogP contribution in [0.5, 0.6) is 17.2 Å². The summed E-state index contributed by atoms with van der Waals surface area (Å²) in [5.41, 5.74) is 6.89. The van der Waals surface area contributed by atoms with Crippen LogP contribution in [0.2, 0.25) is 0 Å². The van der Waals surface area contributed by atoms with Crippen LogP contribution >= 0.6 is 11.8 Å². The van der Waals surface area contributed by atoms with Crippen molar-refractivity contribution in [1.29, 1.82) is 0 Å². The summed E-state index contributed by atoms with van der Waals surface area (Å²) in [5.74, 6) is 0.784. The Bertz CT molecular complexity index is 1120. The number of aromatic nitrogens is 1. The molecule has 2 aromatic carbocycles. The van der Waals surface area contributed by atoms with Gasteiger partial charge in [-0.25, -0.2) is 9.21 Å². The third kappa shape index (κ3) is 4.08. The van der Waals surface area contributed by atoms with E-state index in [0.29, 0.717) is 33.8 Å². The fourth-order valence-electron chi connectivity index (χ4n) is 2.98. The average Bonchev–Trinajstić information content (AvgIpc) is 3.59. The van der Waals surface area contributed by atoms with Crippen molar-refractivity contribution in [3.05, 3.63) is 54.2 Å². The molecule has 154 valence electrons. The molecule has 1 saturated carbocycles. The van der Waals surface area contributed by atoms with Gasteiger partial charge in [0.1, 0.15) is 17.2 Å². The third-order valence-corrected chi connectivity index (χ3v) is 5.11. The molecule has 1 aliphatic carbocycles. The van der Waals surface area contributed by atoms with Gasteiger partial charge in [-0.1, -0.05) is 0 Å². The monoisotopic (exact) mass is 426 g/mol. The zero-order valence-corrected chi connectivity index (χ0v) is 16.8. The molecule has 0 radical (unpaired) electrons. The summed E-state index contributed by atoms with van der Waals surface area (Å²) >= 11 is 5.98. The summed E-state index contributed by atoms with van der Waals surface area (Å²) in [6.07, 6.45) is 3.45. The Morgan fingerprint density at radius 1 is 1.17 bits per heavy atom. The Labute approximate surface area is 177 Å². The fraction of sp³-hybridized carbons (Fsp3) is 0.190. The van der Waals surface area contributed by atoms with Crippen molar-refractivity contribution in [2.45, 2.75) is 18.9 Å². The van der Waals surface area contributed by atoms with E-state index in [9.17, 15) is 9.59 Å². The summed E-state index contributed by atoms with van der Waals surface area (Å²) in [6.45, 7) is 0. The number of nitrogens with two attached hydrogens (primary N) is 1. The minimum Gasteiger partial charge on any atom is -0.496 e. The van der Waals surface area contributed by atoms with Gasteiger partial charge >= 0.3 is 6.03 Å². The Hall–Kier alpha value is -3.52. The molecule has 8 nitrogen and oxygen atoms in total. The molecular formula is C21H19ClN4O4. The number of nitrogens with one attached hydrogen (secondary N) is 1. The molecule has 0 bridgehead atoms. The molecule has 0 spiro atoms. The van der Waals surface area contributed by atoms with Gasteiger partial charge < -0.3 is 20.5 Å². The van der Waals surface area contributed by atoms with Gasteiger partial charge in [0, 0.05) is 35.1 Å². The highest BCUT2D eigenvalue weighted by molar-refractivity contribution is 6.23. The third-order valence-electron chi connectivity index (χ3n) is 4.68. The molecule has 1 aromatic heterocycles. The maximum absolute atomic E-state index is 12.1. The van der Waals surface area contributed by atoms with Crippen molar-refractivity contribution in [1.82, 2.24) is 9.40 Å². The predicted octanol–water partition coefficient (Wildman–Crippen LogP) is 4.28. The first-order valence-corrected chi connectivity index (χ1v) is 9.60. The number of anilines is 1. The number of hydrogen-bond acceptors (Lipinski definition) is 5. The van der Waals surface area contributed by atoms with Crippen LogP contribution in [-0.4, -0.2) is 34.5 Å². The summed E-state index contributed by atoms with van der Waals surface area (Å²) in [4.78, 5) is 28.1. The van der Waals surface area contributed by atoms with E-state index >= 15 is 0 Å². The number of amides is 3. The van der Waals surface area contributed by atoms with E-state index in [-0.39, 0.29) is 17.6 Å². The number of pyridine rings is 1. The Morgan fingerprint density at radius 2 is 1.90 bits per heavy atom. The Morgan fingerprint density at radius 3 is 2.53 bits per heavy atom. The number of halogens is 1. The number of nitrogens with zero attached hydrogens (tertiary/aromatic N) is 2. The largest absolute Gasteiger partial charge is 0.496 e. The number of carbonyl (C=O) groups excluding carboxylic acids is 2. The van der Waals surface area contributed by atoms with E-state index in [0.717, 1.165) is 12.8 Å². The quantitative estimate of drug-likeness (QED) is 0.572. The molecule has 3 amide bonds. The minimum absolute atomic E-state index is 0.109. The van der Waals surface area contributed by atoms with Crippen molar-refractivity contribution in [2.75, 3.05) is 12.4 Å². The van der Waals surface area contributed by atoms with E-state index in [2.05, 4.69) is 10.3 Å². The van der Waals surface area contributed by atoms with Crippen LogP contribution in [0.1, 0.15) is 23.2 Å². The van der Waals surface area contributed by atoms with Gasteiger partial charge in [-0.05, 0) is 49.2 Å². The van der Waals surface area contributed by atoms with Crippen LogP contribution < -0.4 is 20.5 Å². The summed E-state index contributed by atoms with van der Waals surface area (Å²) in [5, 5.41) is 3.36. The lowest BCUT2D eigenvalue weighted by Gasteiger charge is -2.14. The standard InChI is InChI=1S/C21H19ClN4O4/c1-29-19-11-17-15(10-16(19)20(23)27)18(8-9-24-17)30-14-6-2-12(3-7-14)25-21(28)26(22)13-4-5-13/h2-3,6-11,13H,4-5H2,1H3,(H2,23,27)(H,25,28). The fourth-order valence-corrected chi connectivity index (χ4v) is 3.21. The Balaban J connectivity index is 1.55. The zero-order chi connectivity index (χ0) is 21.3. The number of primary amides is 1. The smallest absolute Gasteiger partial charge is 0.336 e. The minimum atomic E-state index is -0.608. The number of ether oxygens (including phenoxy) is 2. The van der Waals surface area contributed by atoms with E-state index in [1.807, 2.05) is 0 Å². The molecule has 3 N–H and O–H groups in total. The second-order valence-corrected chi connectivity index (χ2v) is 7.21. The number of urea groups is 1. The zero-order valence-electron chi connectivity index (χ0n) is 16.1. The number of fused-ring (bicyclic) bond motifs is 1. The van der Waals surface area contributed by atoms with Gasteiger partial charge in [-0.3, -0.25) is 9.78 Å². The molecule has 1 fully saturated rings. The van der Waals surface area contributed by atoms with Gasteiger partial charge in [0.2, 0.25) is 0 Å². The highest BCUT2D eigenvalue weighted by atomic mass is 35.5. The predicted molar refractivity (Wildman–Crippen MR) is 113 cm³/mol. The van der Waals surface area contributed by atoms with E-state index in [1.54, 1.807) is 48.7 Å². The van der Waals surface area contributed by atoms with Crippen molar-refractivity contribution >= 4 is 40.3 Å². The molecule has 0 unspecified atom stereocenters. The maximum Gasteiger partial charge on any atom is 0.336 e. The second-order valence-electron chi connectivity index (χ2n) is 6.84. The molecule has 4 rings (SSSR count). The summed E-state index contributed by atoms with van der Waals surface area (Å²) < 4.78 is 12.4. The SMILES string of the molecule is COc1cc2nccc(Oc3ccc(NC(=O)N(Cl)C4CC4)cc3)c2cc1C(N)=O. The van der Waals surface area contributed by atoms with Gasteiger partial charge in [0.25, 0.3) is 5.91 Å². The van der Waals surface area contributed by atoms with E-state index in [1.165, 1.54) is 11.5 Å². The molecule has 30 heavy (non-hydrogen) atoms. The molecule has 1 heterocycles. The van der Waals surface area contributed by atoms with Gasteiger partial charge in [-0.2, -0.15) is 0 Å². The van der Waals surface area contributed by atoms with E-state index < -0.39 is 5.91 Å². The normalized spacial score (nSPS) is 13.0. The molecular weight excluding hydrogens is 408 g/mol. The van der Waals surface area contributed by atoms with Crippen molar-refractivity contribution in [3.63, 3.8) is 0 Å². The average molecular weight is 427 g/mol. The lowest BCUT2D eigenvalue weighted by atomic mass is 10.1. The number of benzene rings is 2. The lowest BCUT2D eigenvalue weighted by Crippen LogP contribution is -2.28. The van der Waals surface area contributed by atoms with Crippen molar-refractivity contribution < 1.29 is 19.1 Å². The van der Waals surface area contributed by atoms with Gasteiger partial charge in [-0.15, -0.1) is 0 Å². The first-order chi connectivity index (χ1) is 14.5. The molecule has 0 atom stereocenters. The molecule has 1 aliphatic rings. The van der Waals surface area contributed by atoms with Gasteiger partial charge in [0.15, 0.2) is 0 Å². The number of hydrogen-bond donors (Lipinski definition) is 2. The number of methoxy groups -OCH3 is 1. The first-order valence-electron chi connectivity index (χ1n) is 9.26. The van der Waals surface area contributed by atoms with Crippen LogP contribution in [0.25, 0.3) is 10.9 Å². The number of carbonyl (C=O) groups is 2. The first kappa shape index (κ1) is 19.8. The lowest BCUT2D eigenvalue weighted by molar-refractivity contribution is 0.0997. The summed E-state index contributed by atoms with van der Waals surface area (Å²) in [6, 6.07) is 11.5. The maximum atomic E-state index is 12.1. The number of rotatable bonds is 6. The van der Waals surface area contributed by atoms with Crippen LogP contribution in [0.4, 0.5) is 10.5 Å². The van der Waals surface area contributed by atoms with Crippen molar-refractivity contribution in [3.8, 4) is 17.2 Å². The highest BCUT2D eigenvalue weighted by Gasteiger charge is 2.31. The topological polar surface area (TPSA) is 107 Å². The molecule has 3 aromatic rings. The molecule has 0 saturated heterocycles. The van der Waals surface area contributed by atoms with Crippen LogP contribution in [0.15, 0.2) is 48.7 Å². The van der Waals surface area contributed by atoms with Crippen molar-refractivity contribution in [2.24, 2.45) is 5.73 Å². The highest BCUT2D eigenvalue weighted by Crippen LogP contribution is 2.33. The van der Waals surface area contributed by atoms with Crippen LogP contribution in [-0.2, 0) is 0 Å². The second kappa shape index (κ2) is 8.08. The summed E-state index contributed by atoms with van der Waals surface area (Å²) in [7, 11) is 1.46. The molecule has 9 heteroatoms. The van der Waals surface area contributed by atoms with Crippen LogP contribution in [0.3, 0.4) is 0 Å². The van der Waals surface area contributed by atoms with Gasteiger partial charge in [0.05, 0.1) is 24.2 Å². The Kier molecular flexibility index (Phi) is 5.33. The molecule has 0 aliphatic heterocycles.